The van der Waals surface area contributed by atoms with Gasteiger partial charge in [0.15, 0.2) is 0 Å². The van der Waals surface area contributed by atoms with Crippen molar-refractivity contribution in [1.82, 2.24) is 14.8 Å². The highest BCUT2D eigenvalue weighted by molar-refractivity contribution is 6.00. The van der Waals surface area contributed by atoms with E-state index in [1.165, 1.54) is 11.0 Å². The van der Waals surface area contributed by atoms with E-state index in [0.717, 1.165) is 28.6 Å². The van der Waals surface area contributed by atoms with E-state index in [9.17, 15) is 22.8 Å². The number of piperazine rings is 1. The van der Waals surface area contributed by atoms with Gasteiger partial charge in [-0.25, -0.2) is 0 Å². The van der Waals surface area contributed by atoms with E-state index in [2.05, 4.69) is 4.98 Å². The number of carbonyl (C=O) groups excluding carboxylic acids is 2. The van der Waals surface area contributed by atoms with Gasteiger partial charge in [-0.05, 0) is 53.9 Å². The molecule has 9 heteroatoms. The zero-order valence-electron chi connectivity index (χ0n) is 20.7. The van der Waals surface area contributed by atoms with Crippen LogP contribution in [0.4, 0.5) is 13.2 Å². The Labute approximate surface area is 217 Å². The summed E-state index contributed by atoms with van der Waals surface area (Å²) in [4.78, 5) is 33.0. The van der Waals surface area contributed by atoms with Crippen LogP contribution in [0, 0.1) is 0 Å². The molecular weight excluding hydrogens is 495 g/mol. The quantitative estimate of drug-likeness (QED) is 0.375. The highest BCUT2D eigenvalue weighted by atomic mass is 19.4. The number of alkyl halides is 3. The normalized spacial score (nSPS) is 16.2. The molecule has 1 aromatic heterocycles. The van der Waals surface area contributed by atoms with Gasteiger partial charge in [0.25, 0.3) is 5.91 Å². The number of nitrogens with zero attached hydrogens (tertiary/aromatic N) is 2. The number of amides is 2. The number of hydrogen-bond donors (Lipinski definition) is 1. The van der Waals surface area contributed by atoms with Crippen LogP contribution in [0.3, 0.4) is 0 Å². The molecule has 0 saturated carbocycles. The summed E-state index contributed by atoms with van der Waals surface area (Å²) in [7, 11) is 1.57. The maximum Gasteiger partial charge on any atom is 0.416 e. The molecule has 2 amide bonds. The molecule has 1 atom stereocenters. The minimum Gasteiger partial charge on any atom is -0.497 e. The second-order valence-corrected chi connectivity index (χ2v) is 9.39. The number of ether oxygens (including phenoxy) is 1. The van der Waals surface area contributed by atoms with E-state index in [0.29, 0.717) is 23.4 Å². The fraction of sp³-hybridized carbons (Fsp3) is 0.241. The van der Waals surface area contributed by atoms with Crippen molar-refractivity contribution >= 4 is 22.7 Å². The van der Waals surface area contributed by atoms with Crippen molar-refractivity contribution < 1.29 is 27.5 Å². The first-order valence-corrected chi connectivity index (χ1v) is 12.2. The third-order valence-electron chi connectivity index (χ3n) is 6.79. The first kappa shape index (κ1) is 25.4. The van der Waals surface area contributed by atoms with Gasteiger partial charge in [0.2, 0.25) is 5.91 Å². The van der Waals surface area contributed by atoms with E-state index in [4.69, 9.17) is 4.74 Å². The lowest BCUT2D eigenvalue weighted by molar-refractivity contribution is -0.139. The molecule has 1 aliphatic heterocycles. The summed E-state index contributed by atoms with van der Waals surface area (Å²) in [6.45, 7) is 0.105. The lowest BCUT2D eigenvalue weighted by atomic mass is 10.00. The molecule has 6 nitrogen and oxygen atoms in total. The summed E-state index contributed by atoms with van der Waals surface area (Å²) in [5.41, 5.74) is 1.71. The van der Waals surface area contributed by atoms with Gasteiger partial charge in [0, 0.05) is 24.0 Å². The van der Waals surface area contributed by atoms with Crippen molar-refractivity contribution in [3.8, 4) is 5.75 Å². The Morgan fingerprint density at radius 1 is 1.00 bits per heavy atom. The largest absolute Gasteiger partial charge is 0.497 e. The van der Waals surface area contributed by atoms with Gasteiger partial charge >= 0.3 is 6.18 Å². The van der Waals surface area contributed by atoms with E-state index >= 15 is 0 Å². The lowest BCUT2D eigenvalue weighted by Gasteiger charge is -2.41. The van der Waals surface area contributed by atoms with Gasteiger partial charge in [-0.1, -0.05) is 42.5 Å². The summed E-state index contributed by atoms with van der Waals surface area (Å²) in [5, 5.41) is 0.808. The minimum absolute atomic E-state index is 0.0223. The molecule has 1 saturated heterocycles. The Morgan fingerprint density at radius 3 is 2.50 bits per heavy atom. The molecule has 5 rings (SSSR count). The molecule has 1 fully saturated rings. The fourth-order valence-corrected chi connectivity index (χ4v) is 4.87. The average molecular weight is 522 g/mol. The van der Waals surface area contributed by atoms with Gasteiger partial charge in [0.05, 0.1) is 18.7 Å². The summed E-state index contributed by atoms with van der Waals surface area (Å²) >= 11 is 0. The average Bonchev–Trinajstić information content (AvgIpc) is 3.33. The maximum atomic E-state index is 13.5. The van der Waals surface area contributed by atoms with E-state index in [1.54, 1.807) is 30.2 Å². The predicted octanol–water partition coefficient (Wildman–Crippen LogP) is 5.29. The molecule has 3 aromatic carbocycles. The van der Waals surface area contributed by atoms with Crippen molar-refractivity contribution in [1.29, 1.82) is 0 Å². The van der Waals surface area contributed by atoms with E-state index < -0.39 is 17.8 Å². The third-order valence-corrected chi connectivity index (χ3v) is 6.79. The van der Waals surface area contributed by atoms with Gasteiger partial charge in [-0.2, -0.15) is 13.2 Å². The Bertz CT molecular complexity index is 1470. The molecule has 196 valence electrons. The monoisotopic (exact) mass is 521 g/mol. The minimum atomic E-state index is -4.47. The van der Waals surface area contributed by atoms with Crippen LogP contribution in [0.25, 0.3) is 10.9 Å². The van der Waals surface area contributed by atoms with E-state index in [-0.39, 0.29) is 31.4 Å². The summed E-state index contributed by atoms with van der Waals surface area (Å²) in [6, 6.07) is 21.3. The number of H-pyrrole nitrogens is 1. The second-order valence-electron chi connectivity index (χ2n) is 9.39. The topological polar surface area (TPSA) is 65.6 Å². The second kappa shape index (κ2) is 10.2. The van der Waals surface area contributed by atoms with Gasteiger partial charge in [-0.15, -0.1) is 0 Å². The molecule has 0 bridgehead atoms. The number of aromatic nitrogens is 1. The molecule has 2 heterocycles. The zero-order valence-corrected chi connectivity index (χ0v) is 20.7. The predicted molar refractivity (Wildman–Crippen MR) is 137 cm³/mol. The van der Waals surface area contributed by atoms with Crippen molar-refractivity contribution in [3.63, 3.8) is 0 Å². The number of aromatic amines is 1. The van der Waals surface area contributed by atoms with Crippen LogP contribution in [0.5, 0.6) is 5.75 Å². The number of methoxy groups -OCH3 is 1. The van der Waals surface area contributed by atoms with Crippen molar-refractivity contribution in [2.45, 2.75) is 25.2 Å². The number of nitrogens with one attached hydrogen (secondary N) is 1. The van der Waals surface area contributed by atoms with Crippen molar-refractivity contribution in [2.75, 3.05) is 20.2 Å². The standard InChI is InChI=1S/C29H26F3N3O3/c1-38-24-10-11-25-21(14-24)15-26(33-25)28(37)34-17-23(13-19-6-3-2-4-7-19)35(27(36)18-34)16-20-8-5-9-22(12-20)29(30,31)32/h2-12,14-15,23,33H,13,16-18H2,1H3/t23-/m0/s1. The maximum absolute atomic E-state index is 13.5. The zero-order chi connectivity index (χ0) is 26.9. The molecule has 0 aliphatic carbocycles. The fourth-order valence-electron chi connectivity index (χ4n) is 4.87. The summed E-state index contributed by atoms with van der Waals surface area (Å²) in [5.74, 6) is 0.0304. The Kier molecular flexibility index (Phi) is 6.84. The van der Waals surface area contributed by atoms with Crippen LogP contribution < -0.4 is 4.74 Å². The Hall–Kier alpha value is -4.27. The van der Waals surface area contributed by atoms with Crippen LogP contribution in [-0.4, -0.2) is 52.8 Å². The molecule has 0 radical (unpaired) electrons. The van der Waals surface area contributed by atoms with Crippen LogP contribution in [0.1, 0.15) is 27.2 Å². The number of halogens is 3. The van der Waals surface area contributed by atoms with Gasteiger partial charge in [-0.3, -0.25) is 9.59 Å². The third kappa shape index (κ3) is 5.37. The van der Waals surface area contributed by atoms with Gasteiger partial charge < -0.3 is 19.5 Å². The molecular formula is C29H26F3N3O3. The highest BCUT2D eigenvalue weighted by Crippen LogP contribution is 2.30. The first-order valence-electron chi connectivity index (χ1n) is 12.2. The first-order chi connectivity index (χ1) is 18.2. The van der Waals surface area contributed by atoms with Crippen molar-refractivity contribution in [2.24, 2.45) is 0 Å². The molecule has 0 spiro atoms. The summed E-state index contributed by atoms with van der Waals surface area (Å²) < 4.78 is 45.1. The number of benzene rings is 3. The number of rotatable bonds is 6. The molecule has 38 heavy (non-hydrogen) atoms. The van der Waals surface area contributed by atoms with Crippen molar-refractivity contribution in [3.05, 3.63) is 101 Å². The van der Waals surface area contributed by atoms with Crippen LogP contribution in [0.2, 0.25) is 0 Å². The van der Waals surface area contributed by atoms with Gasteiger partial charge in [0.1, 0.15) is 18.0 Å². The lowest BCUT2D eigenvalue weighted by Crippen LogP contribution is -2.58. The Morgan fingerprint density at radius 2 is 1.76 bits per heavy atom. The molecule has 4 aromatic rings. The number of hydrogen-bond acceptors (Lipinski definition) is 3. The van der Waals surface area contributed by atoms with E-state index in [1.807, 2.05) is 42.5 Å². The SMILES string of the molecule is COc1ccc2[nH]c(C(=O)N3CC(=O)N(Cc4cccc(C(F)(F)F)c4)[C@@H](Cc4ccccc4)C3)cc2c1. The van der Waals surface area contributed by atoms with Crippen LogP contribution >= 0.6 is 0 Å². The highest BCUT2D eigenvalue weighted by Gasteiger charge is 2.36. The number of fused-ring (bicyclic) bond motifs is 1. The number of carbonyl (C=O) groups is 2. The molecule has 0 unspecified atom stereocenters. The summed E-state index contributed by atoms with van der Waals surface area (Å²) in [6.07, 6.45) is -4.02. The molecule has 1 aliphatic rings. The Balaban J connectivity index is 1.41. The van der Waals surface area contributed by atoms with Crippen LogP contribution in [0.15, 0.2) is 78.9 Å². The smallest absolute Gasteiger partial charge is 0.416 e. The molecule has 1 N–H and O–H groups in total. The van der Waals surface area contributed by atoms with Crippen LogP contribution in [-0.2, 0) is 23.9 Å².